The van der Waals surface area contributed by atoms with Gasteiger partial charge in [0, 0.05) is 10.0 Å². The van der Waals surface area contributed by atoms with E-state index in [-0.39, 0.29) is 19.1 Å². The Bertz CT molecular complexity index is 697. The lowest BCUT2D eigenvalue weighted by Crippen LogP contribution is -2.47. The van der Waals surface area contributed by atoms with Gasteiger partial charge in [0.05, 0.1) is 25.4 Å². The summed E-state index contributed by atoms with van der Waals surface area (Å²) >= 11 is 12.3. The first kappa shape index (κ1) is 16.3. The number of hydrogen-bond acceptors (Lipinski definition) is 4. The van der Waals surface area contributed by atoms with E-state index in [1.807, 2.05) is 48.5 Å². The SMILES string of the molecule is OC[C@]12COC(c3cccc(Cl)c3)N1[C@H](c1cccc(Cl)c1)OC2. The molecule has 0 amide bonds. The van der Waals surface area contributed by atoms with Gasteiger partial charge in [0.2, 0.25) is 0 Å². The van der Waals surface area contributed by atoms with Gasteiger partial charge in [-0.3, -0.25) is 0 Å². The predicted octanol–water partition coefficient (Wildman–Crippen LogP) is 3.78. The van der Waals surface area contributed by atoms with Gasteiger partial charge < -0.3 is 14.6 Å². The van der Waals surface area contributed by atoms with E-state index in [1.165, 1.54) is 0 Å². The fourth-order valence-electron chi connectivity index (χ4n) is 3.45. The molecule has 2 saturated heterocycles. The summed E-state index contributed by atoms with van der Waals surface area (Å²) in [5.74, 6) is 0. The van der Waals surface area contributed by atoms with E-state index in [0.717, 1.165) is 11.1 Å². The molecule has 0 saturated carbocycles. The predicted molar refractivity (Wildman–Crippen MR) is 91.9 cm³/mol. The van der Waals surface area contributed by atoms with Crippen LogP contribution in [0.1, 0.15) is 23.6 Å². The van der Waals surface area contributed by atoms with Crippen LogP contribution in [-0.4, -0.2) is 35.4 Å². The molecule has 2 aliphatic rings. The highest BCUT2D eigenvalue weighted by atomic mass is 35.5. The van der Waals surface area contributed by atoms with Gasteiger partial charge in [-0.05, 0) is 35.4 Å². The third-order valence-corrected chi connectivity index (χ3v) is 5.10. The number of fused-ring (bicyclic) bond motifs is 1. The van der Waals surface area contributed by atoms with Crippen LogP contribution in [0.5, 0.6) is 0 Å². The van der Waals surface area contributed by atoms with E-state index in [2.05, 4.69) is 4.90 Å². The summed E-state index contributed by atoms with van der Waals surface area (Å²) in [4.78, 5) is 2.09. The normalized spacial score (nSPS) is 29.8. The van der Waals surface area contributed by atoms with Gasteiger partial charge in [-0.25, -0.2) is 4.90 Å². The first-order chi connectivity index (χ1) is 11.6. The molecule has 4 rings (SSSR count). The average molecular weight is 366 g/mol. The molecule has 1 N–H and O–H groups in total. The number of aliphatic hydroxyl groups is 1. The molecule has 0 aromatic heterocycles. The minimum absolute atomic E-state index is 0.0405. The summed E-state index contributed by atoms with van der Waals surface area (Å²) < 4.78 is 12.1. The lowest BCUT2D eigenvalue weighted by Gasteiger charge is -2.33. The van der Waals surface area contributed by atoms with E-state index in [1.54, 1.807) is 0 Å². The van der Waals surface area contributed by atoms with Crippen molar-refractivity contribution in [2.75, 3.05) is 19.8 Å². The number of aliphatic hydroxyl groups excluding tert-OH is 1. The molecule has 2 aromatic carbocycles. The molecule has 126 valence electrons. The van der Waals surface area contributed by atoms with Crippen LogP contribution in [0.15, 0.2) is 48.5 Å². The Labute approximate surface area is 150 Å². The maximum Gasteiger partial charge on any atom is 0.139 e. The lowest BCUT2D eigenvalue weighted by atomic mass is 10.0. The number of halogens is 2. The Balaban J connectivity index is 1.75. The summed E-state index contributed by atoms with van der Waals surface area (Å²) in [6.45, 7) is 0.761. The van der Waals surface area contributed by atoms with E-state index < -0.39 is 5.54 Å². The van der Waals surface area contributed by atoms with Gasteiger partial charge in [0.1, 0.15) is 12.5 Å². The van der Waals surface area contributed by atoms with Crippen molar-refractivity contribution in [2.45, 2.75) is 18.0 Å². The highest BCUT2D eigenvalue weighted by Crippen LogP contribution is 2.49. The number of ether oxygens (including phenoxy) is 2. The van der Waals surface area contributed by atoms with Crippen LogP contribution >= 0.6 is 23.2 Å². The molecule has 0 bridgehead atoms. The van der Waals surface area contributed by atoms with Crippen molar-refractivity contribution < 1.29 is 14.6 Å². The van der Waals surface area contributed by atoms with Crippen LogP contribution < -0.4 is 0 Å². The summed E-state index contributed by atoms with van der Waals surface area (Å²) in [7, 11) is 0. The number of hydrogen-bond donors (Lipinski definition) is 1. The quantitative estimate of drug-likeness (QED) is 0.898. The molecule has 0 spiro atoms. The van der Waals surface area contributed by atoms with Crippen molar-refractivity contribution in [3.63, 3.8) is 0 Å². The molecular formula is C18H17Cl2NO3. The zero-order chi connectivity index (χ0) is 16.7. The molecule has 6 heteroatoms. The molecule has 0 aliphatic carbocycles. The van der Waals surface area contributed by atoms with Crippen LogP contribution in [0.4, 0.5) is 0 Å². The second-order valence-corrected chi connectivity index (χ2v) is 7.10. The van der Waals surface area contributed by atoms with Crippen LogP contribution in [0.2, 0.25) is 10.0 Å². The molecule has 4 nitrogen and oxygen atoms in total. The lowest BCUT2D eigenvalue weighted by molar-refractivity contribution is -0.0630. The zero-order valence-electron chi connectivity index (χ0n) is 12.9. The molecule has 0 radical (unpaired) electrons. The second-order valence-electron chi connectivity index (χ2n) is 6.23. The fourth-order valence-corrected chi connectivity index (χ4v) is 3.84. The van der Waals surface area contributed by atoms with Gasteiger partial charge in [0.25, 0.3) is 0 Å². The van der Waals surface area contributed by atoms with Crippen molar-refractivity contribution in [1.29, 1.82) is 0 Å². The zero-order valence-corrected chi connectivity index (χ0v) is 14.4. The minimum atomic E-state index is -0.556. The Kier molecular flexibility index (Phi) is 4.29. The highest BCUT2D eigenvalue weighted by Gasteiger charge is 2.56. The summed E-state index contributed by atoms with van der Waals surface area (Å²) in [5, 5.41) is 11.3. The summed E-state index contributed by atoms with van der Waals surface area (Å²) in [5.41, 5.74) is 1.32. The summed E-state index contributed by atoms with van der Waals surface area (Å²) in [6.07, 6.45) is -0.662. The molecule has 2 fully saturated rings. The van der Waals surface area contributed by atoms with E-state index in [4.69, 9.17) is 32.7 Å². The van der Waals surface area contributed by atoms with Gasteiger partial charge in [-0.2, -0.15) is 0 Å². The van der Waals surface area contributed by atoms with Gasteiger partial charge in [-0.1, -0.05) is 47.5 Å². The van der Waals surface area contributed by atoms with Crippen molar-refractivity contribution >= 4 is 23.2 Å². The molecular weight excluding hydrogens is 349 g/mol. The Morgan fingerprint density at radius 1 is 0.958 bits per heavy atom. The monoisotopic (exact) mass is 365 g/mol. The van der Waals surface area contributed by atoms with E-state index in [9.17, 15) is 5.11 Å². The maximum absolute atomic E-state index is 10.0. The van der Waals surface area contributed by atoms with Crippen molar-refractivity contribution in [3.8, 4) is 0 Å². The second kappa shape index (κ2) is 6.30. The molecule has 1 unspecified atom stereocenters. The third-order valence-electron chi connectivity index (χ3n) is 4.63. The fraction of sp³-hybridized carbons (Fsp3) is 0.333. The van der Waals surface area contributed by atoms with Gasteiger partial charge >= 0.3 is 0 Å². The average Bonchev–Trinajstić information content (AvgIpc) is 3.12. The maximum atomic E-state index is 10.0. The molecule has 2 aliphatic heterocycles. The number of nitrogens with zero attached hydrogens (tertiary/aromatic N) is 1. The third kappa shape index (κ3) is 2.64. The Morgan fingerprint density at radius 2 is 1.46 bits per heavy atom. The first-order valence-electron chi connectivity index (χ1n) is 7.76. The molecule has 2 heterocycles. The topological polar surface area (TPSA) is 41.9 Å². The first-order valence-corrected chi connectivity index (χ1v) is 8.52. The number of rotatable bonds is 3. The van der Waals surface area contributed by atoms with E-state index in [0.29, 0.717) is 23.3 Å². The molecule has 24 heavy (non-hydrogen) atoms. The Morgan fingerprint density at radius 3 is 1.88 bits per heavy atom. The van der Waals surface area contributed by atoms with Crippen LogP contribution in [-0.2, 0) is 9.47 Å². The Hall–Kier alpha value is -1.14. The molecule has 2 aromatic rings. The minimum Gasteiger partial charge on any atom is -0.394 e. The van der Waals surface area contributed by atoms with Crippen LogP contribution in [0.3, 0.4) is 0 Å². The molecule has 3 atom stereocenters. The number of benzene rings is 2. The standard InChI is InChI=1S/C18H17Cl2NO3/c19-14-5-1-3-12(7-14)16-21-17(13-4-2-6-15(20)8-13)24-11-18(21,9-22)10-23-16/h1-8,16-17,22H,9-11H2/t16-,17?,18-/m0/s1. The largest absolute Gasteiger partial charge is 0.394 e. The summed E-state index contributed by atoms with van der Waals surface area (Å²) in [6, 6.07) is 15.1. The van der Waals surface area contributed by atoms with Gasteiger partial charge in [-0.15, -0.1) is 0 Å². The van der Waals surface area contributed by atoms with Crippen LogP contribution in [0, 0.1) is 0 Å². The van der Waals surface area contributed by atoms with E-state index >= 15 is 0 Å². The van der Waals surface area contributed by atoms with Crippen LogP contribution in [0.25, 0.3) is 0 Å². The smallest absolute Gasteiger partial charge is 0.139 e. The van der Waals surface area contributed by atoms with Crippen molar-refractivity contribution in [1.82, 2.24) is 4.90 Å². The highest BCUT2D eigenvalue weighted by molar-refractivity contribution is 6.30. The van der Waals surface area contributed by atoms with Gasteiger partial charge in [0.15, 0.2) is 0 Å². The van der Waals surface area contributed by atoms with Crippen molar-refractivity contribution in [2.24, 2.45) is 0 Å². The van der Waals surface area contributed by atoms with Crippen molar-refractivity contribution in [3.05, 3.63) is 69.7 Å².